The summed E-state index contributed by atoms with van der Waals surface area (Å²) in [5.41, 5.74) is -6.18. The molecule has 2 rings (SSSR count). The molecule has 0 saturated carbocycles. The Morgan fingerprint density at radius 1 is 1.21 bits per heavy atom. The van der Waals surface area contributed by atoms with Crippen molar-refractivity contribution in [1.29, 1.82) is 0 Å². The van der Waals surface area contributed by atoms with Crippen LogP contribution in [0.5, 0.6) is 5.75 Å². The highest BCUT2D eigenvalue weighted by Crippen LogP contribution is 2.37. The maximum absolute atomic E-state index is 12.6. The van der Waals surface area contributed by atoms with Crippen LogP contribution >= 0.6 is 0 Å². The molecule has 0 radical (unpaired) electrons. The number of hydrogen-bond acceptors (Lipinski definition) is 6. The van der Waals surface area contributed by atoms with Crippen LogP contribution in [0.15, 0.2) is 18.2 Å². The van der Waals surface area contributed by atoms with Crippen LogP contribution in [-0.2, 0) is 26.1 Å². The second-order valence-corrected chi connectivity index (χ2v) is 9.06. The molecule has 0 spiro atoms. The van der Waals surface area contributed by atoms with Crippen molar-refractivity contribution >= 4 is 22.2 Å². The summed E-state index contributed by atoms with van der Waals surface area (Å²) in [4.78, 5) is 25.4. The van der Waals surface area contributed by atoms with E-state index in [0.29, 0.717) is 5.56 Å². The van der Waals surface area contributed by atoms with Gasteiger partial charge in [-0.2, -0.15) is 21.6 Å². The van der Waals surface area contributed by atoms with Crippen LogP contribution in [0.1, 0.15) is 44.9 Å². The number of carbonyl (C=O) groups is 2. The number of rotatable bonds is 3. The summed E-state index contributed by atoms with van der Waals surface area (Å²) in [5.74, 6) is -2.18. The fraction of sp³-hybridized carbons (Fsp3) is 0.529. The lowest BCUT2D eigenvalue weighted by atomic mass is 9.88. The molecule has 0 aliphatic carbocycles. The van der Waals surface area contributed by atoms with E-state index in [9.17, 15) is 36.3 Å². The average Bonchev–Trinajstić information content (AvgIpc) is 2.50. The van der Waals surface area contributed by atoms with E-state index in [2.05, 4.69) is 4.18 Å². The monoisotopic (exact) mass is 439 g/mol. The Balaban J connectivity index is 2.49. The predicted molar refractivity (Wildman–Crippen MR) is 93.7 cm³/mol. The molecule has 0 aromatic heterocycles. The Kier molecular flexibility index (Phi) is 5.81. The number of fused-ring (bicyclic) bond motifs is 1. The number of alkyl halides is 3. The molecule has 162 valence electrons. The minimum atomic E-state index is -5.93. The quantitative estimate of drug-likeness (QED) is 0.569. The van der Waals surface area contributed by atoms with Crippen molar-refractivity contribution in [1.82, 2.24) is 4.90 Å². The Bertz CT molecular complexity index is 922. The van der Waals surface area contributed by atoms with Crippen LogP contribution in [0.25, 0.3) is 0 Å². The molecule has 1 aromatic rings. The van der Waals surface area contributed by atoms with Gasteiger partial charge in [-0.1, -0.05) is 6.07 Å². The number of carboxylic acid groups (broad SMARTS) is 1. The third-order valence-electron chi connectivity index (χ3n) is 4.01. The lowest BCUT2D eigenvalue weighted by Crippen LogP contribution is -2.50. The summed E-state index contributed by atoms with van der Waals surface area (Å²) >= 11 is 0. The largest absolute Gasteiger partial charge is 0.534 e. The van der Waals surface area contributed by atoms with E-state index >= 15 is 0 Å². The van der Waals surface area contributed by atoms with E-state index in [4.69, 9.17) is 4.74 Å². The number of benzene rings is 1. The molecule has 1 aliphatic heterocycles. The minimum Gasteiger partial charge on any atom is -0.479 e. The molecule has 0 bridgehead atoms. The van der Waals surface area contributed by atoms with E-state index in [-0.39, 0.29) is 12.0 Å². The number of ether oxygens (including phenoxy) is 1. The van der Waals surface area contributed by atoms with Gasteiger partial charge in [0, 0.05) is 6.04 Å². The zero-order chi connectivity index (χ0) is 22.4. The van der Waals surface area contributed by atoms with Crippen molar-refractivity contribution in [3.05, 3.63) is 29.3 Å². The molecule has 0 fully saturated rings. The van der Waals surface area contributed by atoms with Gasteiger partial charge in [0.15, 0.2) is 6.04 Å². The van der Waals surface area contributed by atoms with Crippen molar-refractivity contribution in [2.45, 2.75) is 57.3 Å². The van der Waals surface area contributed by atoms with Gasteiger partial charge in [0.25, 0.3) is 0 Å². The first kappa shape index (κ1) is 22.8. The van der Waals surface area contributed by atoms with E-state index < -0.39 is 51.1 Å². The maximum atomic E-state index is 12.6. The van der Waals surface area contributed by atoms with Crippen molar-refractivity contribution in [2.75, 3.05) is 0 Å². The average molecular weight is 439 g/mol. The number of hydrogen-bond donors (Lipinski definition) is 1. The van der Waals surface area contributed by atoms with Crippen molar-refractivity contribution in [3.8, 4) is 5.75 Å². The van der Waals surface area contributed by atoms with Crippen LogP contribution < -0.4 is 4.18 Å². The van der Waals surface area contributed by atoms with Gasteiger partial charge >= 0.3 is 27.7 Å². The highest BCUT2D eigenvalue weighted by atomic mass is 32.2. The van der Waals surface area contributed by atoms with Crippen LogP contribution in [0.2, 0.25) is 0 Å². The number of amides is 1. The van der Waals surface area contributed by atoms with Gasteiger partial charge in [0.2, 0.25) is 0 Å². The van der Waals surface area contributed by atoms with E-state index in [1.807, 2.05) is 0 Å². The van der Waals surface area contributed by atoms with Gasteiger partial charge in [-0.15, -0.1) is 0 Å². The molecule has 12 heteroatoms. The summed E-state index contributed by atoms with van der Waals surface area (Å²) in [7, 11) is -5.93. The number of carbonyl (C=O) groups excluding carboxylic acids is 1. The molecular weight excluding hydrogens is 419 g/mol. The topological polar surface area (TPSA) is 110 Å². The van der Waals surface area contributed by atoms with Crippen LogP contribution in [0, 0.1) is 0 Å². The molecule has 2 atom stereocenters. The normalized spacial score (nSPS) is 20.0. The zero-order valence-corrected chi connectivity index (χ0v) is 16.8. The first-order valence-corrected chi connectivity index (χ1v) is 9.82. The Hall–Kier alpha value is -2.50. The summed E-state index contributed by atoms with van der Waals surface area (Å²) in [6.45, 7) is 6.38. The van der Waals surface area contributed by atoms with Gasteiger partial charge in [0.1, 0.15) is 11.4 Å². The second-order valence-electron chi connectivity index (χ2n) is 7.53. The van der Waals surface area contributed by atoms with Gasteiger partial charge in [-0.3, -0.25) is 4.90 Å². The van der Waals surface area contributed by atoms with Crippen LogP contribution in [0.4, 0.5) is 18.0 Å². The predicted octanol–water partition coefficient (Wildman–Crippen LogP) is 3.22. The number of aliphatic carboxylic acids is 1. The number of carboxylic acids is 1. The molecule has 8 nitrogen and oxygen atoms in total. The Morgan fingerprint density at radius 2 is 1.79 bits per heavy atom. The molecular formula is C17H20F3NO7S. The van der Waals surface area contributed by atoms with Gasteiger partial charge in [0.05, 0.1) is 0 Å². The van der Waals surface area contributed by atoms with Gasteiger partial charge in [-0.25, -0.2) is 9.59 Å². The zero-order valence-electron chi connectivity index (χ0n) is 16.0. The lowest BCUT2D eigenvalue weighted by molar-refractivity contribution is -0.144. The Morgan fingerprint density at radius 3 is 2.28 bits per heavy atom. The number of nitrogens with zero attached hydrogens (tertiary/aromatic N) is 1. The van der Waals surface area contributed by atoms with Crippen molar-refractivity contribution < 1.29 is 45.2 Å². The third kappa shape index (κ3) is 4.92. The van der Waals surface area contributed by atoms with E-state index in [0.717, 1.165) is 17.0 Å². The summed E-state index contributed by atoms with van der Waals surface area (Å²) in [6, 6.07) is 0.956. The smallest absolute Gasteiger partial charge is 0.479 e. The first-order valence-electron chi connectivity index (χ1n) is 8.41. The standard InChI is InChI=1S/C17H20F3NO7S/c1-9-7-10-5-6-11(28-29(25,26)17(18,19)20)8-12(10)13(14(22)23)21(9)15(24)27-16(2,3)4/h5-6,8-9,13H,7H2,1-4H3,(H,22,23)/t9-,13?/m0/s1. The first-order chi connectivity index (χ1) is 13.0. The molecule has 29 heavy (non-hydrogen) atoms. The van der Waals surface area contributed by atoms with E-state index in [1.54, 1.807) is 27.7 Å². The molecule has 1 amide bonds. The fourth-order valence-corrected chi connectivity index (χ4v) is 3.36. The van der Waals surface area contributed by atoms with Crippen molar-refractivity contribution in [2.24, 2.45) is 0 Å². The van der Waals surface area contributed by atoms with E-state index in [1.165, 1.54) is 6.07 Å². The minimum absolute atomic E-state index is 0.0590. The highest BCUT2D eigenvalue weighted by Gasteiger charge is 2.49. The summed E-state index contributed by atoms with van der Waals surface area (Å²) in [5, 5.41) is 9.68. The molecule has 1 N–H and O–H groups in total. The SMILES string of the molecule is C[C@H]1Cc2ccc(OS(=O)(=O)C(F)(F)F)cc2C(C(=O)O)N1C(=O)OC(C)(C)C. The molecule has 1 heterocycles. The molecule has 0 saturated heterocycles. The Labute approximate surface area is 165 Å². The third-order valence-corrected chi connectivity index (χ3v) is 4.99. The fourth-order valence-electron chi connectivity index (χ4n) is 2.91. The molecule has 1 aliphatic rings. The summed E-state index contributed by atoms with van der Waals surface area (Å²) in [6.07, 6.45) is -0.734. The van der Waals surface area contributed by atoms with Crippen LogP contribution in [0.3, 0.4) is 0 Å². The molecule has 1 unspecified atom stereocenters. The van der Waals surface area contributed by atoms with Crippen LogP contribution in [-0.4, -0.2) is 47.6 Å². The van der Waals surface area contributed by atoms with Gasteiger partial charge in [-0.05, 0) is 57.4 Å². The maximum Gasteiger partial charge on any atom is 0.534 e. The van der Waals surface area contributed by atoms with Gasteiger partial charge < -0.3 is 14.0 Å². The highest BCUT2D eigenvalue weighted by molar-refractivity contribution is 7.88. The number of halogens is 3. The summed E-state index contributed by atoms with van der Waals surface area (Å²) < 4.78 is 69.5. The molecule has 1 aromatic carbocycles. The second kappa shape index (κ2) is 7.39. The van der Waals surface area contributed by atoms with Crippen molar-refractivity contribution in [3.63, 3.8) is 0 Å². The lowest BCUT2D eigenvalue weighted by Gasteiger charge is -2.40.